The first-order valence-electron chi connectivity index (χ1n) is 10.8. The second kappa shape index (κ2) is 6.86. The van der Waals surface area contributed by atoms with Gasteiger partial charge in [0.1, 0.15) is 12.2 Å². The maximum atomic E-state index is 12.8. The van der Waals surface area contributed by atoms with Gasteiger partial charge in [-0.2, -0.15) is 0 Å². The highest BCUT2D eigenvalue weighted by Gasteiger charge is 2.61. The minimum atomic E-state index is -0.768. The lowest BCUT2D eigenvalue weighted by Crippen LogP contribution is -2.55. The minimum absolute atomic E-state index is 0.147. The topological polar surface area (TPSA) is 60.4 Å². The molecule has 0 aromatic carbocycles. The van der Waals surface area contributed by atoms with Gasteiger partial charge < -0.3 is 9.53 Å². The third-order valence-electron chi connectivity index (χ3n) is 8.58. The summed E-state index contributed by atoms with van der Waals surface area (Å²) in [6, 6.07) is 0. The van der Waals surface area contributed by atoms with Gasteiger partial charge in [-0.25, -0.2) is 0 Å². The Bertz CT molecular complexity index is 680. The van der Waals surface area contributed by atoms with E-state index in [1.807, 2.05) is 0 Å². The molecule has 3 saturated carbocycles. The van der Waals surface area contributed by atoms with Gasteiger partial charge in [0.2, 0.25) is 0 Å². The van der Waals surface area contributed by atoms with Crippen LogP contribution in [0, 0.1) is 34.5 Å². The van der Waals surface area contributed by atoms with Gasteiger partial charge in [-0.1, -0.05) is 18.9 Å². The molecule has 6 atom stereocenters. The summed E-state index contributed by atoms with van der Waals surface area (Å²) in [5, 5.41) is 0. The molecule has 148 valence electrons. The summed E-state index contributed by atoms with van der Waals surface area (Å²) < 4.78 is 5.32. The third-order valence-corrected chi connectivity index (χ3v) is 8.58. The monoisotopic (exact) mass is 372 g/mol. The van der Waals surface area contributed by atoms with Crippen LogP contribution in [0.2, 0.25) is 0 Å². The number of hydrogen-bond acceptors (Lipinski definition) is 4. The van der Waals surface area contributed by atoms with E-state index >= 15 is 0 Å². The van der Waals surface area contributed by atoms with E-state index in [0.29, 0.717) is 36.0 Å². The molecular formula is C23H32O4. The van der Waals surface area contributed by atoms with Gasteiger partial charge in [0.15, 0.2) is 5.78 Å². The van der Waals surface area contributed by atoms with Crippen LogP contribution in [-0.4, -0.2) is 24.6 Å². The molecule has 0 saturated heterocycles. The molecule has 0 aliphatic heterocycles. The molecule has 0 amide bonds. The summed E-state index contributed by atoms with van der Waals surface area (Å²) in [5.74, 6) is 0.564. The second-order valence-electron chi connectivity index (χ2n) is 9.54. The maximum absolute atomic E-state index is 12.8. The molecule has 4 heteroatoms. The van der Waals surface area contributed by atoms with E-state index in [4.69, 9.17) is 4.74 Å². The quantitative estimate of drug-likeness (QED) is 0.420. The number of esters is 1. The van der Waals surface area contributed by atoms with Gasteiger partial charge >= 0.3 is 5.97 Å². The zero-order chi connectivity index (χ0) is 19.2. The summed E-state index contributed by atoms with van der Waals surface area (Å²) in [5.41, 5.74) is 0.996. The number of aldehydes is 1. The third kappa shape index (κ3) is 2.74. The molecule has 0 radical (unpaired) electrons. The lowest BCUT2D eigenvalue weighted by atomic mass is 9.44. The Morgan fingerprint density at radius 1 is 1.22 bits per heavy atom. The van der Waals surface area contributed by atoms with E-state index in [1.54, 1.807) is 13.0 Å². The Balaban J connectivity index is 1.78. The molecule has 0 N–H and O–H groups in total. The predicted octanol–water partition coefficient (Wildman–Crippen LogP) is 4.27. The normalized spacial score (nSPS) is 41.6. The average Bonchev–Trinajstić information content (AvgIpc) is 3.04. The van der Waals surface area contributed by atoms with Crippen LogP contribution >= 0.6 is 0 Å². The molecule has 27 heavy (non-hydrogen) atoms. The van der Waals surface area contributed by atoms with E-state index < -0.39 is 17.3 Å². The molecule has 3 fully saturated rings. The molecular weight excluding hydrogens is 340 g/mol. The molecule has 4 nitrogen and oxygen atoms in total. The highest BCUT2D eigenvalue weighted by Crippen LogP contribution is 2.67. The first-order chi connectivity index (χ1) is 13.0. The summed E-state index contributed by atoms with van der Waals surface area (Å²) in [7, 11) is 0. The van der Waals surface area contributed by atoms with Crippen LogP contribution in [0.15, 0.2) is 11.6 Å². The minimum Gasteiger partial charge on any atom is -0.465 e. The van der Waals surface area contributed by atoms with Crippen LogP contribution in [0.1, 0.15) is 71.6 Å². The largest absolute Gasteiger partial charge is 0.465 e. The molecule has 0 bridgehead atoms. The SMILES string of the molecule is CCOC(=O)C(C=O)[C@]12CCC(=O)C=C1CC[C@H]1[C@@H]3CCC[C@@]3(C)CC[C@@H]12. The second-order valence-corrected chi connectivity index (χ2v) is 9.54. The number of fused-ring (bicyclic) bond motifs is 5. The maximum Gasteiger partial charge on any atom is 0.317 e. The van der Waals surface area contributed by atoms with Crippen molar-refractivity contribution in [1.29, 1.82) is 0 Å². The molecule has 4 aliphatic carbocycles. The van der Waals surface area contributed by atoms with Crippen LogP contribution in [0.5, 0.6) is 0 Å². The van der Waals surface area contributed by atoms with E-state index in [-0.39, 0.29) is 12.4 Å². The fourth-order valence-electron chi connectivity index (χ4n) is 7.47. The van der Waals surface area contributed by atoms with E-state index in [2.05, 4.69) is 6.92 Å². The summed E-state index contributed by atoms with van der Waals surface area (Å²) in [6.45, 7) is 4.52. The zero-order valence-corrected chi connectivity index (χ0v) is 16.7. The fraction of sp³-hybridized carbons (Fsp3) is 0.783. The highest BCUT2D eigenvalue weighted by atomic mass is 16.5. The molecule has 0 spiro atoms. The molecule has 4 aliphatic rings. The van der Waals surface area contributed by atoms with Crippen LogP contribution in [-0.2, 0) is 19.1 Å². The van der Waals surface area contributed by atoms with Gasteiger partial charge in [0.25, 0.3) is 0 Å². The van der Waals surface area contributed by atoms with Gasteiger partial charge in [0, 0.05) is 11.8 Å². The Morgan fingerprint density at radius 3 is 2.78 bits per heavy atom. The summed E-state index contributed by atoms with van der Waals surface area (Å²) in [4.78, 5) is 37.2. The predicted molar refractivity (Wildman–Crippen MR) is 102 cm³/mol. The Morgan fingerprint density at radius 2 is 2.04 bits per heavy atom. The number of ketones is 1. The molecule has 0 aromatic heterocycles. The van der Waals surface area contributed by atoms with Gasteiger partial charge in [-0.15, -0.1) is 0 Å². The zero-order valence-electron chi connectivity index (χ0n) is 16.7. The van der Waals surface area contributed by atoms with Gasteiger partial charge in [-0.3, -0.25) is 9.59 Å². The van der Waals surface area contributed by atoms with Crippen LogP contribution in [0.25, 0.3) is 0 Å². The van der Waals surface area contributed by atoms with Crippen molar-refractivity contribution in [2.45, 2.75) is 71.6 Å². The van der Waals surface area contributed by atoms with Crippen LogP contribution in [0.4, 0.5) is 0 Å². The van der Waals surface area contributed by atoms with Crippen molar-refractivity contribution in [3.8, 4) is 0 Å². The van der Waals surface area contributed by atoms with Crippen molar-refractivity contribution >= 4 is 18.0 Å². The van der Waals surface area contributed by atoms with E-state index in [0.717, 1.165) is 31.1 Å². The number of carbonyl (C=O) groups excluding carboxylic acids is 3. The fourth-order valence-corrected chi connectivity index (χ4v) is 7.47. The summed E-state index contributed by atoms with van der Waals surface area (Å²) in [6.07, 6.45) is 11.7. The van der Waals surface area contributed by atoms with Crippen molar-refractivity contribution in [1.82, 2.24) is 0 Å². The number of ether oxygens (including phenoxy) is 1. The average molecular weight is 373 g/mol. The first-order valence-corrected chi connectivity index (χ1v) is 10.8. The van der Waals surface area contributed by atoms with Gasteiger partial charge in [0.05, 0.1) is 6.61 Å². The Labute approximate surface area is 162 Å². The molecule has 0 heterocycles. The number of rotatable bonds is 4. The molecule has 1 unspecified atom stereocenters. The van der Waals surface area contributed by atoms with Crippen LogP contribution < -0.4 is 0 Å². The Kier molecular flexibility index (Phi) is 4.80. The number of allylic oxidation sites excluding steroid dienone is 1. The van der Waals surface area contributed by atoms with Gasteiger partial charge in [-0.05, 0) is 81.1 Å². The van der Waals surface area contributed by atoms with E-state index in [1.165, 1.54) is 25.7 Å². The number of hydrogen-bond donors (Lipinski definition) is 0. The lowest BCUT2D eigenvalue weighted by Gasteiger charge is -2.59. The summed E-state index contributed by atoms with van der Waals surface area (Å²) >= 11 is 0. The molecule has 0 aromatic rings. The lowest BCUT2D eigenvalue weighted by molar-refractivity contribution is -0.161. The van der Waals surface area contributed by atoms with Crippen molar-refractivity contribution in [3.05, 3.63) is 11.6 Å². The van der Waals surface area contributed by atoms with Crippen molar-refractivity contribution in [2.75, 3.05) is 6.61 Å². The number of carbonyl (C=O) groups is 3. The van der Waals surface area contributed by atoms with Crippen molar-refractivity contribution < 1.29 is 19.1 Å². The van der Waals surface area contributed by atoms with Crippen molar-refractivity contribution in [2.24, 2.45) is 34.5 Å². The molecule has 4 rings (SSSR count). The highest BCUT2D eigenvalue weighted by molar-refractivity contribution is 5.94. The van der Waals surface area contributed by atoms with Crippen LogP contribution in [0.3, 0.4) is 0 Å². The first kappa shape index (κ1) is 18.9. The Hall–Kier alpha value is -1.45. The smallest absolute Gasteiger partial charge is 0.317 e. The standard InChI is InChI=1S/C23H32O4/c1-3-27-21(26)20(14-24)23-12-8-16(25)13-15(23)6-7-17-18-5-4-10-22(18,2)11-9-19(17)23/h13-14,17-20H,3-12H2,1-2H3/t17-,18-,19-,20?,22-,23+/m0/s1. The van der Waals surface area contributed by atoms with E-state index in [9.17, 15) is 14.4 Å². The van der Waals surface area contributed by atoms with Crippen molar-refractivity contribution in [3.63, 3.8) is 0 Å².